The fraction of sp³-hybridized carbons (Fsp3) is 0.0556. The van der Waals surface area contributed by atoms with E-state index in [1.807, 2.05) is 0 Å². The van der Waals surface area contributed by atoms with Gasteiger partial charge in [-0.2, -0.15) is 5.10 Å². The van der Waals surface area contributed by atoms with Gasteiger partial charge in [0.15, 0.2) is 0 Å². The van der Waals surface area contributed by atoms with Gasteiger partial charge in [-0.1, -0.05) is 11.6 Å². The monoisotopic (exact) mass is 355 g/mol. The summed E-state index contributed by atoms with van der Waals surface area (Å²) in [4.78, 5) is 15.7. The van der Waals surface area contributed by atoms with Crippen molar-refractivity contribution in [3.05, 3.63) is 71.2 Å². The molecule has 0 saturated heterocycles. The van der Waals surface area contributed by atoms with Crippen LogP contribution in [-0.2, 0) is 0 Å². The van der Waals surface area contributed by atoms with Crippen LogP contribution >= 0.6 is 11.6 Å². The molecule has 1 amide bonds. The van der Waals surface area contributed by atoms with Gasteiger partial charge < -0.3 is 9.15 Å². The van der Waals surface area contributed by atoms with E-state index in [1.165, 1.54) is 12.4 Å². The number of hydrazone groups is 1. The predicted molar refractivity (Wildman–Crippen MR) is 95.0 cm³/mol. The summed E-state index contributed by atoms with van der Waals surface area (Å²) in [6, 6.07) is 12.1. The number of carbonyl (C=O) groups is 1. The first-order valence-electron chi connectivity index (χ1n) is 7.34. The van der Waals surface area contributed by atoms with Gasteiger partial charge in [0.2, 0.25) is 0 Å². The molecule has 1 aromatic carbocycles. The maximum atomic E-state index is 11.9. The van der Waals surface area contributed by atoms with Gasteiger partial charge in [0.05, 0.1) is 24.5 Å². The number of aromatic nitrogens is 1. The lowest BCUT2D eigenvalue weighted by Gasteiger charge is -2.06. The van der Waals surface area contributed by atoms with E-state index in [2.05, 4.69) is 15.5 Å². The number of pyridine rings is 1. The van der Waals surface area contributed by atoms with Crippen molar-refractivity contribution in [3.63, 3.8) is 0 Å². The molecular formula is C18H14ClN3O3. The van der Waals surface area contributed by atoms with Crippen LogP contribution in [0.25, 0.3) is 11.3 Å². The molecule has 0 spiro atoms. The van der Waals surface area contributed by atoms with Gasteiger partial charge in [0.1, 0.15) is 17.3 Å². The van der Waals surface area contributed by atoms with Crippen molar-refractivity contribution in [2.75, 3.05) is 7.11 Å². The highest BCUT2D eigenvalue weighted by molar-refractivity contribution is 6.30. The molecule has 0 aliphatic carbocycles. The lowest BCUT2D eigenvalue weighted by Crippen LogP contribution is -2.17. The Labute approximate surface area is 149 Å². The Morgan fingerprint density at radius 3 is 2.96 bits per heavy atom. The molecule has 0 aliphatic heterocycles. The fourth-order valence-corrected chi connectivity index (χ4v) is 2.33. The summed E-state index contributed by atoms with van der Waals surface area (Å²) in [6.07, 6.45) is 4.46. The molecule has 0 saturated carbocycles. The summed E-state index contributed by atoms with van der Waals surface area (Å²) in [5.41, 5.74) is 3.56. The summed E-state index contributed by atoms with van der Waals surface area (Å²) in [6.45, 7) is 0. The lowest BCUT2D eigenvalue weighted by molar-refractivity contribution is 0.0955. The second-order valence-electron chi connectivity index (χ2n) is 4.99. The quantitative estimate of drug-likeness (QED) is 0.558. The molecule has 0 unspecified atom stereocenters. The Balaban J connectivity index is 1.72. The number of rotatable bonds is 5. The number of hydrogen-bond donors (Lipinski definition) is 1. The fourth-order valence-electron chi connectivity index (χ4n) is 2.16. The molecule has 0 atom stereocenters. The van der Waals surface area contributed by atoms with Crippen molar-refractivity contribution in [3.8, 4) is 17.1 Å². The second-order valence-corrected chi connectivity index (χ2v) is 5.42. The minimum Gasteiger partial charge on any atom is -0.496 e. The van der Waals surface area contributed by atoms with Gasteiger partial charge in [-0.05, 0) is 42.5 Å². The molecule has 2 aromatic heterocycles. The standard InChI is InChI=1S/C18H14ClN3O3/c1-24-16-6-4-13(19)9-15(16)17-7-5-14(25-17)11-21-22-18(23)12-3-2-8-20-10-12/h2-11H,1H3,(H,22,23)/b21-11-. The molecule has 3 aromatic rings. The van der Waals surface area contributed by atoms with Crippen LogP contribution in [0.4, 0.5) is 0 Å². The van der Waals surface area contributed by atoms with Crippen molar-refractivity contribution >= 4 is 23.7 Å². The number of ether oxygens (including phenoxy) is 1. The molecule has 0 bridgehead atoms. The molecule has 3 rings (SSSR count). The van der Waals surface area contributed by atoms with Gasteiger partial charge in [0.25, 0.3) is 5.91 Å². The van der Waals surface area contributed by atoms with Gasteiger partial charge in [0, 0.05) is 17.4 Å². The first-order chi connectivity index (χ1) is 12.2. The Bertz CT molecular complexity index is 907. The highest BCUT2D eigenvalue weighted by Crippen LogP contribution is 2.33. The Morgan fingerprint density at radius 1 is 1.32 bits per heavy atom. The predicted octanol–water partition coefficient (Wildman–Crippen LogP) is 3.77. The van der Waals surface area contributed by atoms with E-state index in [0.29, 0.717) is 27.9 Å². The molecule has 25 heavy (non-hydrogen) atoms. The first-order valence-corrected chi connectivity index (χ1v) is 7.72. The molecule has 7 heteroatoms. The van der Waals surface area contributed by atoms with Crippen LogP contribution in [0.3, 0.4) is 0 Å². The van der Waals surface area contributed by atoms with E-state index in [-0.39, 0.29) is 5.91 Å². The Hall–Kier alpha value is -3.12. The normalized spacial score (nSPS) is 10.8. The van der Waals surface area contributed by atoms with Gasteiger partial charge in [-0.25, -0.2) is 5.43 Å². The van der Waals surface area contributed by atoms with Crippen LogP contribution in [0.15, 0.2) is 64.4 Å². The molecule has 6 nitrogen and oxygen atoms in total. The third-order valence-corrected chi connectivity index (χ3v) is 3.57. The van der Waals surface area contributed by atoms with Crippen LogP contribution in [0, 0.1) is 0 Å². The van der Waals surface area contributed by atoms with Crippen LogP contribution in [0.2, 0.25) is 5.02 Å². The number of furan rings is 1. The summed E-state index contributed by atoms with van der Waals surface area (Å²) in [7, 11) is 1.58. The van der Waals surface area contributed by atoms with E-state index < -0.39 is 0 Å². The zero-order valence-electron chi connectivity index (χ0n) is 13.3. The zero-order chi connectivity index (χ0) is 17.6. The zero-order valence-corrected chi connectivity index (χ0v) is 14.0. The molecule has 126 valence electrons. The molecule has 1 N–H and O–H groups in total. The minimum absolute atomic E-state index is 0.354. The summed E-state index contributed by atoms with van der Waals surface area (Å²) >= 11 is 6.03. The largest absolute Gasteiger partial charge is 0.496 e. The molecule has 0 aliphatic rings. The van der Waals surface area contributed by atoms with Crippen molar-refractivity contribution in [2.24, 2.45) is 5.10 Å². The van der Waals surface area contributed by atoms with Crippen LogP contribution in [0.5, 0.6) is 5.75 Å². The number of nitrogens with zero attached hydrogens (tertiary/aromatic N) is 2. The summed E-state index contributed by atoms with van der Waals surface area (Å²) in [5.74, 6) is 1.35. The average Bonchev–Trinajstić information content (AvgIpc) is 3.11. The van der Waals surface area contributed by atoms with E-state index in [1.54, 1.807) is 55.8 Å². The molecular weight excluding hydrogens is 342 g/mol. The number of carbonyl (C=O) groups excluding carboxylic acids is 1. The van der Waals surface area contributed by atoms with E-state index in [9.17, 15) is 4.79 Å². The summed E-state index contributed by atoms with van der Waals surface area (Å²) < 4.78 is 11.0. The van der Waals surface area contributed by atoms with Gasteiger partial charge >= 0.3 is 0 Å². The van der Waals surface area contributed by atoms with Crippen molar-refractivity contribution in [2.45, 2.75) is 0 Å². The lowest BCUT2D eigenvalue weighted by atomic mass is 10.1. The first kappa shape index (κ1) is 16.7. The van der Waals surface area contributed by atoms with Crippen LogP contribution < -0.4 is 10.2 Å². The summed E-state index contributed by atoms with van der Waals surface area (Å²) in [5, 5.41) is 4.46. The van der Waals surface area contributed by atoms with Gasteiger partial charge in [-0.15, -0.1) is 0 Å². The van der Waals surface area contributed by atoms with Crippen molar-refractivity contribution in [1.29, 1.82) is 0 Å². The third-order valence-electron chi connectivity index (χ3n) is 3.34. The van der Waals surface area contributed by atoms with Gasteiger partial charge in [-0.3, -0.25) is 9.78 Å². The van der Waals surface area contributed by atoms with Crippen LogP contribution in [-0.4, -0.2) is 24.2 Å². The highest BCUT2D eigenvalue weighted by atomic mass is 35.5. The van der Waals surface area contributed by atoms with E-state index >= 15 is 0 Å². The smallest absolute Gasteiger partial charge is 0.272 e. The molecule has 0 radical (unpaired) electrons. The van der Waals surface area contributed by atoms with E-state index in [0.717, 1.165) is 5.56 Å². The maximum Gasteiger partial charge on any atom is 0.272 e. The Kier molecular flexibility index (Phi) is 5.11. The maximum absolute atomic E-state index is 11.9. The average molecular weight is 356 g/mol. The second kappa shape index (κ2) is 7.63. The number of halogens is 1. The number of methoxy groups -OCH3 is 1. The molecule has 2 heterocycles. The van der Waals surface area contributed by atoms with Crippen molar-refractivity contribution in [1.82, 2.24) is 10.4 Å². The number of amides is 1. The minimum atomic E-state index is -0.354. The van der Waals surface area contributed by atoms with Crippen molar-refractivity contribution < 1.29 is 13.9 Å². The SMILES string of the molecule is COc1ccc(Cl)cc1-c1ccc(/C=N\NC(=O)c2cccnc2)o1. The Morgan fingerprint density at radius 2 is 2.20 bits per heavy atom. The third kappa shape index (κ3) is 4.05. The number of benzene rings is 1. The highest BCUT2D eigenvalue weighted by Gasteiger charge is 2.11. The number of hydrogen-bond acceptors (Lipinski definition) is 5. The van der Waals surface area contributed by atoms with E-state index in [4.69, 9.17) is 20.8 Å². The number of nitrogens with one attached hydrogen (secondary N) is 1. The van der Waals surface area contributed by atoms with Crippen LogP contribution in [0.1, 0.15) is 16.1 Å². The molecule has 0 fully saturated rings. The topological polar surface area (TPSA) is 76.7 Å².